The average Bonchev–Trinajstić information content (AvgIpc) is 2.25. The number of benzene rings is 2. The standard InChI is InChI=1S/C10H6F4N2/c11-5-1-3-4(10(16)7(5)13)2-6(12)8(14)9(3)15/h1-2H,15-16H2. The van der Waals surface area contributed by atoms with Gasteiger partial charge in [-0.05, 0) is 12.1 Å². The number of anilines is 2. The summed E-state index contributed by atoms with van der Waals surface area (Å²) in [6, 6.07) is 1.36. The summed E-state index contributed by atoms with van der Waals surface area (Å²) >= 11 is 0. The first-order valence-electron chi connectivity index (χ1n) is 4.24. The zero-order valence-electron chi connectivity index (χ0n) is 7.82. The number of nitrogen functional groups attached to an aromatic ring is 2. The molecule has 2 aromatic rings. The van der Waals surface area contributed by atoms with Gasteiger partial charge < -0.3 is 11.5 Å². The summed E-state index contributed by atoms with van der Waals surface area (Å²) in [4.78, 5) is 0. The van der Waals surface area contributed by atoms with Gasteiger partial charge in [-0.2, -0.15) is 0 Å². The first-order chi connectivity index (χ1) is 7.43. The van der Waals surface area contributed by atoms with E-state index in [0.29, 0.717) is 12.1 Å². The predicted octanol–water partition coefficient (Wildman–Crippen LogP) is 2.56. The van der Waals surface area contributed by atoms with Crippen LogP contribution in [0.4, 0.5) is 28.9 Å². The van der Waals surface area contributed by atoms with Crippen molar-refractivity contribution in [3.63, 3.8) is 0 Å². The molecule has 84 valence electrons. The quantitative estimate of drug-likeness (QED) is 0.539. The minimum absolute atomic E-state index is 0.157. The summed E-state index contributed by atoms with van der Waals surface area (Å²) in [5.74, 6) is -5.14. The third-order valence-corrected chi connectivity index (χ3v) is 2.30. The van der Waals surface area contributed by atoms with E-state index in [1.165, 1.54) is 0 Å². The highest BCUT2D eigenvalue weighted by Gasteiger charge is 2.17. The lowest BCUT2D eigenvalue weighted by Gasteiger charge is -2.08. The predicted molar refractivity (Wildman–Crippen MR) is 52.6 cm³/mol. The van der Waals surface area contributed by atoms with Crippen molar-refractivity contribution in [2.24, 2.45) is 0 Å². The minimum atomic E-state index is -1.31. The Morgan fingerprint density at radius 1 is 0.688 bits per heavy atom. The molecule has 0 aliphatic heterocycles. The molecule has 6 heteroatoms. The topological polar surface area (TPSA) is 52.0 Å². The Morgan fingerprint density at radius 2 is 1.00 bits per heavy atom. The van der Waals surface area contributed by atoms with Crippen LogP contribution < -0.4 is 11.5 Å². The van der Waals surface area contributed by atoms with Crippen LogP contribution in [-0.4, -0.2) is 0 Å². The monoisotopic (exact) mass is 230 g/mol. The van der Waals surface area contributed by atoms with E-state index in [1.807, 2.05) is 0 Å². The van der Waals surface area contributed by atoms with Crippen molar-refractivity contribution in [3.05, 3.63) is 35.4 Å². The molecular weight excluding hydrogens is 224 g/mol. The van der Waals surface area contributed by atoms with Crippen LogP contribution in [0.1, 0.15) is 0 Å². The molecule has 0 aliphatic carbocycles. The number of rotatable bonds is 0. The Labute approximate surface area is 87.5 Å². The Bertz CT molecular complexity index is 542. The molecule has 0 aliphatic rings. The van der Waals surface area contributed by atoms with Crippen LogP contribution in [-0.2, 0) is 0 Å². The number of hydrogen-bond acceptors (Lipinski definition) is 2. The van der Waals surface area contributed by atoms with Crippen LogP contribution in [0.25, 0.3) is 10.8 Å². The van der Waals surface area contributed by atoms with Gasteiger partial charge >= 0.3 is 0 Å². The van der Waals surface area contributed by atoms with Gasteiger partial charge in [0.05, 0.1) is 11.4 Å². The molecule has 0 bridgehead atoms. The maximum Gasteiger partial charge on any atom is 0.182 e. The Kier molecular flexibility index (Phi) is 2.15. The fourth-order valence-corrected chi connectivity index (χ4v) is 1.48. The highest BCUT2D eigenvalue weighted by atomic mass is 19.2. The summed E-state index contributed by atoms with van der Waals surface area (Å²) in [7, 11) is 0. The minimum Gasteiger partial charge on any atom is -0.396 e. The van der Waals surface area contributed by atoms with E-state index in [1.54, 1.807) is 0 Å². The number of hydrogen-bond donors (Lipinski definition) is 2. The molecule has 2 aromatic carbocycles. The summed E-state index contributed by atoms with van der Waals surface area (Å²) in [5.41, 5.74) is 9.30. The summed E-state index contributed by atoms with van der Waals surface area (Å²) in [5, 5.41) is -0.314. The Morgan fingerprint density at radius 3 is 1.31 bits per heavy atom. The van der Waals surface area contributed by atoms with Gasteiger partial charge in [-0.25, -0.2) is 17.6 Å². The molecule has 0 unspecified atom stereocenters. The molecule has 0 atom stereocenters. The van der Waals surface area contributed by atoms with Crippen molar-refractivity contribution < 1.29 is 17.6 Å². The molecule has 0 aromatic heterocycles. The van der Waals surface area contributed by atoms with Gasteiger partial charge in [0.2, 0.25) is 0 Å². The van der Waals surface area contributed by atoms with E-state index in [4.69, 9.17) is 11.5 Å². The van der Waals surface area contributed by atoms with E-state index in [0.717, 1.165) is 0 Å². The third-order valence-electron chi connectivity index (χ3n) is 2.30. The van der Waals surface area contributed by atoms with Crippen molar-refractivity contribution in [2.75, 3.05) is 11.5 Å². The van der Waals surface area contributed by atoms with E-state index < -0.39 is 34.6 Å². The first-order valence-corrected chi connectivity index (χ1v) is 4.24. The normalized spacial score (nSPS) is 11.0. The van der Waals surface area contributed by atoms with Crippen LogP contribution in [0.5, 0.6) is 0 Å². The second kappa shape index (κ2) is 3.26. The van der Waals surface area contributed by atoms with Gasteiger partial charge in [-0.15, -0.1) is 0 Å². The molecule has 16 heavy (non-hydrogen) atoms. The molecular formula is C10H6F4N2. The Hall–Kier alpha value is -1.98. The number of nitrogens with two attached hydrogens (primary N) is 2. The van der Waals surface area contributed by atoms with Crippen molar-refractivity contribution in [1.82, 2.24) is 0 Å². The first kappa shape index (κ1) is 10.5. The van der Waals surface area contributed by atoms with Crippen molar-refractivity contribution >= 4 is 22.1 Å². The summed E-state index contributed by atoms with van der Waals surface area (Å²) in [6.07, 6.45) is 0. The highest BCUT2D eigenvalue weighted by Crippen LogP contribution is 2.32. The molecule has 0 heterocycles. The number of fused-ring (bicyclic) bond motifs is 1. The van der Waals surface area contributed by atoms with Crippen LogP contribution in [0.2, 0.25) is 0 Å². The van der Waals surface area contributed by atoms with Gasteiger partial charge in [-0.1, -0.05) is 0 Å². The average molecular weight is 230 g/mol. The molecule has 2 rings (SSSR count). The SMILES string of the molecule is Nc1c(F)c(F)cc2c(N)c(F)c(F)cc12. The summed E-state index contributed by atoms with van der Waals surface area (Å²) in [6.45, 7) is 0. The van der Waals surface area contributed by atoms with Gasteiger partial charge in [0.25, 0.3) is 0 Å². The van der Waals surface area contributed by atoms with Gasteiger partial charge in [-0.3, -0.25) is 0 Å². The van der Waals surface area contributed by atoms with Crippen molar-refractivity contribution in [3.8, 4) is 0 Å². The molecule has 0 saturated carbocycles. The number of halogens is 4. The van der Waals surface area contributed by atoms with E-state index in [2.05, 4.69) is 0 Å². The smallest absolute Gasteiger partial charge is 0.182 e. The van der Waals surface area contributed by atoms with Gasteiger partial charge in [0.1, 0.15) is 0 Å². The lowest BCUT2D eigenvalue weighted by Crippen LogP contribution is -2.01. The third kappa shape index (κ3) is 1.26. The zero-order chi connectivity index (χ0) is 12.0. The molecule has 0 radical (unpaired) electrons. The van der Waals surface area contributed by atoms with Crippen molar-refractivity contribution in [2.45, 2.75) is 0 Å². The Balaban J connectivity index is 3.02. The maximum absolute atomic E-state index is 13.1. The van der Waals surface area contributed by atoms with Crippen molar-refractivity contribution in [1.29, 1.82) is 0 Å². The molecule has 0 fully saturated rings. The lowest BCUT2D eigenvalue weighted by atomic mass is 10.1. The maximum atomic E-state index is 13.1. The second-order valence-electron chi connectivity index (χ2n) is 3.27. The molecule has 4 N–H and O–H groups in total. The zero-order valence-corrected chi connectivity index (χ0v) is 7.82. The second-order valence-corrected chi connectivity index (χ2v) is 3.27. The van der Waals surface area contributed by atoms with E-state index in [9.17, 15) is 17.6 Å². The van der Waals surface area contributed by atoms with Crippen LogP contribution in [0, 0.1) is 23.3 Å². The molecule has 0 spiro atoms. The lowest BCUT2D eigenvalue weighted by molar-refractivity contribution is 0.509. The molecule has 0 amide bonds. The van der Waals surface area contributed by atoms with Crippen LogP contribution in [0.15, 0.2) is 12.1 Å². The fraction of sp³-hybridized carbons (Fsp3) is 0. The molecule has 0 saturated heterocycles. The molecule has 2 nitrogen and oxygen atoms in total. The van der Waals surface area contributed by atoms with E-state index in [-0.39, 0.29) is 10.8 Å². The van der Waals surface area contributed by atoms with Gasteiger partial charge in [0.15, 0.2) is 23.3 Å². The summed E-state index contributed by atoms with van der Waals surface area (Å²) < 4.78 is 52.1. The fourth-order valence-electron chi connectivity index (χ4n) is 1.48. The largest absolute Gasteiger partial charge is 0.396 e. The van der Waals surface area contributed by atoms with Crippen LogP contribution in [0.3, 0.4) is 0 Å². The van der Waals surface area contributed by atoms with Gasteiger partial charge in [0, 0.05) is 10.8 Å². The van der Waals surface area contributed by atoms with Crippen LogP contribution >= 0.6 is 0 Å². The van der Waals surface area contributed by atoms with E-state index >= 15 is 0 Å². The highest BCUT2D eigenvalue weighted by molar-refractivity contribution is 6.00.